The van der Waals surface area contributed by atoms with Crippen molar-refractivity contribution in [3.8, 4) is 0 Å². The molecule has 0 radical (unpaired) electrons. The van der Waals surface area contributed by atoms with Crippen LogP contribution in [-0.4, -0.2) is 101 Å². The molecule has 17 nitrogen and oxygen atoms in total. The van der Waals surface area contributed by atoms with E-state index in [2.05, 4.69) is 21.3 Å². The molecule has 0 bridgehead atoms. The summed E-state index contributed by atoms with van der Waals surface area (Å²) in [4.78, 5) is 98.8. The first-order valence-electron chi connectivity index (χ1n) is 14.1. The lowest BCUT2D eigenvalue weighted by atomic mass is 10.0. The van der Waals surface area contributed by atoms with Crippen molar-refractivity contribution in [3.05, 3.63) is 0 Å². The summed E-state index contributed by atoms with van der Waals surface area (Å²) in [6.45, 7) is 4.51. The van der Waals surface area contributed by atoms with Gasteiger partial charge >= 0.3 is 5.97 Å². The van der Waals surface area contributed by atoms with Crippen molar-refractivity contribution in [1.82, 2.24) is 26.2 Å². The highest BCUT2D eigenvalue weighted by molar-refractivity contribution is 5.95. The summed E-state index contributed by atoms with van der Waals surface area (Å²) in [5.41, 5.74) is 16.2. The minimum absolute atomic E-state index is 0.00296. The number of rotatable bonds is 18. The molecule has 0 aromatic carbocycles. The number of carboxylic acids is 1. The van der Waals surface area contributed by atoms with E-state index >= 15 is 0 Å². The zero-order chi connectivity index (χ0) is 32.9. The predicted octanol–water partition coefficient (Wildman–Crippen LogP) is -3.44. The van der Waals surface area contributed by atoms with Crippen LogP contribution in [0.4, 0.5) is 0 Å². The molecule has 242 valence electrons. The second-order valence-corrected chi connectivity index (χ2v) is 10.9. The number of nitrogens with zero attached hydrogens (tertiary/aromatic N) is 1. The quantitative estimate of drug-likeness (QED) is 0.0757. The largest absolute Gasteiger partial charge is 0.480 e. The van der Waals surface area contributed by atoms with Crippen LogP contribution < -0.4 is 38.5 Å². The number of hydrogen-bond donors (Lipinski definition) is 8. The SMILES string of the molecule is CC(C)C[C@H](NC(=O)CNC(=O)[C@H](CCC(N)=O)NC(=O)[C@@H]1CCCN1C(=O)[C@@H](N)CCC(N)=O)C(=O)N[C@@H](C)C(=O)O. The van der Waals surface area contributed by atoms with Gasteiger partial charge in [0.15, 0.2) is 0 Å². The van der Waals surface area contributed by atoms with Gasteiger partial charge in [-0.3, -0.25) is 38.4 Å². The van der Waals surface area contributed by atoms with Gasteiger partial charge in [-0.1, -0.05) is 13.8 Å². The van der Waals surface area contributed by atoms with Crippen molar-refractivity contribution < 1.29 is 43.5 Å². The van der Waals surface area contributed by atoms with Crippen LogP contribution in [0, 0.1) is 5.92 Å². The maximum absolute atomic E-state index is 13.1. The summed E-state index contributed by atoms with van der Waals surface area (Å²) < 4.78 is 0. The number of nitrogens with two attached hydrogens (primary N) is 3. The van der Waals surface area contributed by atoms with Crippen LogP contribution in [0.25, 0.3) is 0 Å². The summed E-state index contributed by atoms with van der Waals surface area (Å²) in [6, 6.07) is -5.56. The van der Waals surface area contributed by atoms with Crippen LogP contribution in [0.3, 0.4) is 0 Å². The van der Waals surface area contributed by atoms with Gasteiger partial charge in [0.25, 0.3) is 0 Å². The molecule has 0 aromatic heterocycles. The predicted molar refractivity (Wildman–Crippen MR) is 151 cm³/mol. The average molecular weight is 613 g/mol. The fraction of sp³-hybridized carbons (Fsp3) is 0.692. The summed E-state index contributed by atoms with van der Waals surface area (Å²) in [5, 5.41) is 18.7. The van der Waals surface area contributed by atoms with Crippen LogP contribution in [0.5, 0.6) is 0 Å². The highest BCUT2D eigenvalue weighted by Crippen LogP contribution is 2.19. The Bertz CT molecular complexity index is 1070. The molecular formula is C26H44N8O9. The van der Waals surface area contributed by atoms with Crippen molar-refractivity contribution >= 4 is 47.3 Å². The lowest BCUT2D eigenvalue weighted by Crippen LogP contribution is -2.56. The molecule has 0 saturated carbocycles. The summed E-state index contributed by atoms with van der Waals surface area (Å²) >= 11 is 0. The number of likely N-dealkylation sites (tertiary alicyclic amines) is 1. The lowest BCUT2D eigenvalue weighted by Gasteiger charge is -2.28. The van der Waals surface area contributed by atoms with Crippen LogP contribution in [0.15, 0.2) is 0 Å². The standard InChI is InChI=1S/C26H44N8O9/c1-13(2)11-17(23(39)31-14(3)26(42)43)32-21(37)12-30-22(38)16(7-9-20(29)36)33-24(40)18-5-4-10-34(18)25(41)15(27)6-8-19(28)35/h13-18H,4-12,27H2,1-3H3,(H2,28,35)(H2,29,36)(H,30,38)(H,31,39)(H,32,37)(H,33,40)(H,42,43)/t14-,15-,16-,17-,18-/m0/s1. The molecule has 17 heteroatoms. The lowest BCUT2D eigenvalue weighted by molar-refractivity contribution is -0.142. The normalized spacial score (nSPS) is 17.2. The number of carboxylic acid groups (broad SMARTS) is 1. The van der Waals surface area contributed by atoms with Crippen LogP contribution >= 0.6 is 0 Å². The third-order valence-electron chi connectivity index (χ3n) is 6.68. The third kappa shape index (κ3) is 13.1. The Labute approximate surface area is 249 Å². The second-order valence-electron chi connectivity index (χ2n) is 10.9. The first kappa shape index (κ1) is 36.7. The zero-order valence-corrected chi connectivity index (χ0v) is 24.7. The molecule has 1 rings (SSSR count). The smallest absolute Gasteiger partial charge is 0.325 e. The topological polar surface area (TPSA) is 286 Å². The van der Waals surface area contributed by atoms with E-state index in [-0.39, 0.29) is 51.0 Å². The van der Waals surface area contributed by atoms with Crippen molar-refractivity contribution in [1.29, 1.82) is 0 Å². The third-order valence-corrected chi connectivity index (χ3v) is 6.68. The van der Waals surface area contributed by atoms with Gasteiger partial charge in [-0.25, -0.2) is 0 Å². The molecule has 11 N–H and O–H groups in total. The molecule has 0 unspecified atom stereocenters. The summed E-state index contributed by atoms with van der Waals surface area (Å²) in [6.07, 6.45) is 0.395. The Hall–Kier alpha value is -4.28. The highest BCUT2D eigenvalue weighted by atomic mass is 16.4. The van der Waals surface area contributed by atoms with Gasteiger partial charge < -0.3 is 48.5 Å². The molecule has 5 atom stereocenters. The van der Waals surface area contributed by atoms with Gasteiger partial charge in [0.2, 0.25) is 41.4 Å². The fourth-order valence-electron chi connectivity index (χ4n) is 4.38. The van der Waals surface area contributed by atoms with Crippen molar-refractivity contribution in [3.63, 3.8) is 0 Å². The van der Waals surface area contributed by atoms with Gasteiger partial charge in [-0.2, -0.15) is 0 Å². The Kier molecular flexibility index (Phi) is 15.1. The van der Waals surface area contributed by atoms with Crippen LogP contribution in [-0.2, 0) is 38.4 Å². The molecule has 1 aliphatic heterocycles. The Morgan fingerprint density at radius 2 is 1.47 bits per heavy atom. The highest BCUT2D eigenvalue weighted by Gasteiger charge is 2.37. The van der Waals surface area contributed by atoms with Gasteiger partial charge in [0.05, 0.1) is 12.6 Å². The van der Waals surface area contributed by atoms with Crippen LogP contribution in [0.2, 0.25) is 0 Å². The maximum atomic E-state index is 13.1. The van der Waals surface area contributed by atoms with Gasteiger partial charge in [-0.15, -0.1) is 0 Å². The number of nitrogens with one attached hydrogen (secondary N) is 4. The van der Waals surface area contributed by atoms with E-state index in [4.69, 9.17) is 22.3 Å². The fourth-order valence-corrected chi connectivity index (χ4v) is 4.38. The van der Waals surface area contributed by atoms with Crippen molar-refractivity contribution in [2.45, 2.75) is 95.9 Å². The minimum atomic E-state index is -1.29. The summed E-state index contributed by atoms with van der Waals surface area (Å²) in [7, 11) is 0. The maximum Gasteiger partial charge on any atom is 0.325 e. The average Bonchev–Trinajstić information content (AvgIpc) is 3.41. The van der Waals surface area contributed by atoms with E-state index in [0.29, 0.717) is 6.42 Å². The molecule has 1 saturated heterocycles. The Morgan fingerprint density at radius 1 is 0.860 bits per heavy atom. The molecule has 0 aromatic rings. The Balaban J connectivity index is 2.88. The van der Waals surface area contributed by atoms with E-state index in [9.17, 15) is 38.4 Å². The van der Waals surface area contributed by atoms with E-state index in [1.807, 2.05) is 0 Å². The summed E-state index contributed by atoms with van der Waals surface area (Å²) in [5.74, 6) is -6.16. The van der Waals surface area contributed by atoms with Crippen LogP contribution in [0.1, 0.15) is 65.7 Å². The zero-order valence-electron chi connectivity index (χ0n) is 24.7. The van der Waals surface area contributed by atoms with E-state index in [0.717, 1.165) is 0 Å². The molecule has 43 heavy (non-hydrogen) atoms. The van der Waals surface area contributed by atoms with Gasteiger partial charge in [0.1, 0.15) is 24.2 Å². The molecule has 0 spiro atoms. The number of primary amides is 2. The number of carbonyl (C=O) groups is 8. The molecular weight excluding hydrogens is 568 g/mol. The van der Waals surface area contributed by atoms with Gasteiger partial charge in [-0.05, 0) is 44.9 Å². The van der Waals surface area contributed by atoms with Gasteiger partial charge in [0, 0.05) is 19.4 Å². The number of hydrogen-bond acceptors (Lipinski definition) is 9. The molecule has 1 heterocycles. The Morgan fingerprint density at radius 3 is 2.02 bits per heavy atom. The number of amides is 7. The molecule has 7 amide bonds. The second kappa shape index (κ2) is 17.6. The monoisotopic (exact) mass is 612 g/mol. The molecule has 1 fully saturated rings. The molecule has 1 aliphatic rings. The van der Waals surface area contributed by atoms with E-state index in [1.54, 1.807) is 13.8 Å². The van der Waals surface area contributed by atoms with Crippen molar-refractivity contribution in [2.24, 2.45) is 23.1 Å². The number of aliphatic carboxylic acids is 1. The molecule has 0 aliphatic carbocycles. The minimum Gasteiger partial charge on any atom is -0.480 e. The van der Waals surface area contributed by atoms with Crippen molar-refractivity contribution in [2.75, 3.05) is 13.1 Å². The first-order chi connectivity index (χ1) is 20.0. The van der Waals surface area contributed by atoms with E-state index in [1.165, 1.54) is 11.8 Å². The number of carbonyl (C=O) groups excluding carboxylic acids is 7. The van der Waals surface area contributed by atoms with E-state index < -0.39 is 84.1 Å². The first-order valence-corrected chi connectivity index (χ1v) is 14.1.